The van der Waals surface area contributed by atoms with Crippen LogP contribution in [-0.2, 0) is 16.8 Å². The molecule has 45 heavy (non-hydrogen) atoms. The Kier molecular flexibility index (Phi) is 8.51. The second-order valence-corrected chi connectivity index (χ2v) is 13.3. The number of benzene rings is 3. The SMILES string of the molecule is C[C@H](O)COc1ccc(C#N)c(-c2c(Cl)c(F)cc3c2CC(c2ccccc2)(C2CC(C)(O)CN2C(=O)OC(C)(C)C)O3)c1F. The standard InChI is InChI=1S/C34H35ClF2N2O6/c1-19(40)17-43-24-12-11-20(16-38)27(30(24)37)28-22-14-34(21-9-7-6-8-10-21,44-25(22)13-23(36)29(28)35)26-15-33(5,42)18-39(26)31(41)45-32(2,3)4/h6-13,19,26,40,42H,14-15,17-18H2,1-5H3/t19-,26?,33?,34?/m0/s1. The second kappa shape index (κ2) is 11.8. The summed E-state index contributed by atoms with van der Waals surface area (Å²) >= 11 is 6.58. The number of likely N-dealkylation sites (tertiary alicyclic amines) is 1. The quantitative estimate of drug-likeness (QED) is 0.316. The average molecular weight is 641 g/mol. The molecule has 1 saturated heterocycles. The number of aliphatic hydroxyl groups excluding tert-OH is 1. The molecule has 0 aliphatic carbocycles. The number of hydrogen-bond acceptors (Lipinski definition) is 7. The van der Waals surface area contributed by atoms with Crippen LogP contribution in [0.1, 0.15) is 57.7 Å². The van der Waals surface area contributed by atoms with E-state index in [0.717, 1.165) is 6.07 Å². The van der Waals surface area contributed by atoms with Crippen molar-refractivity contribution >= 4 is 17.7 Å². The molecule has 2 N–H and O–H groups in total. The predicted molar refractivity (Wildman–Crippen MR) is 163 cm³/mol. The summed E-state index contributed by atoms with van der Waals surface area (Å²) in [6.45, 7) is 8.01. The highest BCUT2D eigenvalue weighted by molar-refractivity contribution is 6.34. The number of nitriles is 1. The van der Waals surface area contributed by atoms with E-state index >= 15 is 8.78 Å². The molecule has 0 bridgehead atoms. The van der Waals surface area contributed by atoms with E-state index in [-0.39, 0.29) is 54.2 Å². The van der Waals surface area contributed by atoms with E-state index in [9.17, 15) is 20.3 Å². The van der Waals surface area contributed by atoms with Crippen molar-refractivity contribution in [1.82, 2.24) is 4.90 Å². The molecule has 3 aromatic rings. The molecule has 0 radical (unpaired) electrons. The Morgan fingerprint density at radius 2 is 1.91 bits per heavy atom. The van der Waals surface area contributed by atoms with E-state index in [1.807, 2.05) is 12.1 Å². The number of nitrogens with zero attached hydrogens (tertiary/aromatic N) is 2. The third-order valence-electron chi connectivity index (χ3n) is 7.92. The normalized spacial score (nSPS) is 23.2. The van der Waals surface area contributed by atoms with Crippen molar-refractivity contribution in [3.8, 4) is 28.7 Å². The van der Waals surface area contributed by atoms with Gasteiger partial charge in [0.05, 0.1) is 40.9 Å². The molecule has 2 aliphatic heterocycles. The van der Waals surface area contributed by atoms with Crippen LogP contribution in [0.5, 0.6) is 11.5 Å². The molecule has 0 aromatic heterocycles. The summed E-state index contributed by atoms with van der Waals surface area (Å²) in [7, 11) is 0. The highest BCUT2D eigenvalue weighted by Gasteiger charge is 2.58. The van der Waals surface area contributed by atoms with Crippen molar-refractivity contribution in [2.75, 3.05) is 13.2 Å². The molecule has 1 fully saturated rings. The predicted octanol–water partition coefficient (Wildman–Crippen LogP) is 6.51. The first-order valence-corrected chi connectivity index (χ1v) is 15.0. The first kappa shape index (κ1) is 32.5. The number of rotatable bonds is 6. The van der Waals surface area contributed by atoms with Crippen LogP contribution in [0.2, 0.25) is 5.02 Å². The molecule has 3 unspecified atom stereocenters. The molecule has 238 valence electrons. The fourth-order valence-corrected chi connectivity index (χ4v) is 6.40. The van der Waals surface area contributed by atoms with Crippen LogP contribution in [0.15, 0.2) is 48.5 Å². The summed E-state index contributed by atoms with van der Waals surface area (Å²) in [5, 5.41) is 30.5. The number of carbonyl (C=O) groups is 1. The lowest BCUT2D eigenvalue weighted by Crippen LogP contribution is -2.53. The molecule has 8 nitrogen and oxygen atoms in total. The largest absolute Gasteiger partial charge is 0.488 e. The Balaban J connectivity index is 1.72. The maximum Gasteiger partial charge on any atom is 0.410 e. The zero-order valence-corrected chi connectivity index (χ0v) is 26.4. The molecule has 3 aromatic carbocycles. The molecule has 1 amide bonds. The van der Waals surface area contributed by atoms with Gasteiger partial charge in [0.25, 0.3) is 0 Å². The van der Waals surface area contributed by atoms with Crippen molar-refractivity contribution in [2.45, 2.75) is 76.4 Å². The van der Waals surface area contributed by atoms with Crippen LogP contribution < -0.4 is 9.47 Å². The van der Waals surface area contributed by atoms with Gasteiger partial charge >= 0.3 is 6.09 Å². The molecule has 2 aliphatic rings. The molecule has 2 heterocycles. The van der Waals surface area contributed by atoms with Gasteiger partial charge in [-0.05, 0) is 52.3 Å². The summed E-state index contributed by atoms with van der Waals surface area (Å²) < 4.78 is 49.6. The van der Waals surface area contributed by atoms with E-state index in [1.54, 1.807) is 52.0 Å². The smallest absolute Gasteiger partial charge is 0.410 e. The number of ether oxygens (including phenoxy) is 3. The van der Waals surface area contributed by atoms with E-state index in [2.05, 4.69) is 0 Å². The minimum absolute atomic E-state index is 0.0230. The van der Waals surface area contributed by atoms with Crippen LogP contribution in [0.4, 0.5) is 13.6 Å². The maximum absolute atomic E-state index is 16.2. The van der Waals surface area contributed by atoms with Gasteiger partial charge in [-0.1, -0.05) is 41.9 Å². The Bertz CT molecular complexity index is 1670. The first-order valence-electron chi connectivity index (χ1n) is 14.6. The molecular formula is C34H35ClF2N2O6. The zero-order chi connectivity index (χ0) is 32.9. The minimum atomic E-state index is -1.39. The van der Waals surface area contributed by atoms with E-state index in [0.29, 0.717) is 11.1 Å². The monoisotopic (exact) mass is 640 g/mol. The van der Waals surface area contributed by atoms with Crippen molar-refractivity contribution in [1.29, 1.82) is 5.26 Å². The lowest BCUT2D eigenvalue weighted by atomic mass is 9.78. The van der Waals surface area contributed by atoms with Crippen LogP contribution in [-0.4, -0.2) is 57.7 Å². The van der Waals surface area contributed by atoms with E-state index in [4.69, 9.17) is 25.8 Å². The Labute approximate surface area is 265 Å². The van der Waals surface area contributed by atoms with Crippen LogP contribution in [0, 0.1) is 23.0 Å². The van der Waals surface area contributed by atoms with Gasteiger partial charge in [-0.15, -0.1) is 0 Å². The van der Waals surface area contributed by atoms with Crippen molar-refractivity contribution in [3.05, 3.63) is 81.9 Å². The molecule has 0 spiro atoms. The van der Waals surface area contributed by atoms with Gasteiger partial charge in [-0.25, -0.2) is 13.6 Å². The van der Waals surface area contributed by atoms with E-state index < -0.39 is 51.7 Å². The van der Waals surface area contributed by atoms with Gasteiger partial charge in [0.1, 0.15) is 23.8 Å². The number of amides is 1. The van der Waals surface area contributed by atoms with Crippen molar-refractivity contribution in [2.24, 2.45) is 0 Å². The average Bonchev–Trinajstić information content (AvgIpc) is 3.51. The molecule has 11 heteroatoms. The molecule has 0 saturated carbocycles. The summed E-state index contributed by atoms with van der Waals surface area (Å²) in [6, 6.07) is 13.8. The summed E-state index contributed by atoms with van der Waals surface area (Å²) in [6.07, 6.45) is -1.50. The summed E-state index contributed by atoms with van der Waals surface area (Å²) in [4.78, 5) is 15.0. The third kappa shape index (κ3) is 6.17. The number of fused-ring (bicyclic) bond motifs is 1. The van der Waals surface area contributed by atoms with Gasteiger partial charge in [0.2, 0.25) is 0 Å². The summed E-state index contributed by atoms with van der Waals surface area (Å²) in [5.74, 6) is -2.07. The Morgan fingerprint density at radius 1 is 1.22 bits per heavy atom. The van der Waals surface area contributed by atoms with Gasteiger partial charge in [-0.2, -0.15) is 5.26 Å². The lowest BCUT2D eigenvalue weighted by Gasteiger charge is -2.40. The first-order chi connectivity index (χ1) is 21.1. The highest BCUT2D eigenvalue weighted by Crippen LogP contribution is 2.54. The van der Waals surface area contributed by atoms with Gasteiger partial charge in [0.15, 0.2) is 17.2 Å². The van der Waals surface area contributed by atoms with Gasteiger partial charge < -0.3 is 24.4 Å². The zero-order valence-electron chi connectivity index (χ0n) is 25.7. The highest BCUT2D eigenvalue weighted by atomic mass is 35.5. The maximum atomic E-state index is 16.2. The number of aliphatic hydroxyl groups is 2. The number of halogens is 3. The lowest BCUT2D eigenvalue weighted by molar-refractivity contribution is -0.0216. The minimum Gasteiger partial charge on any atom is -0.488 e. The fourth-order valence-electron chi connectivity index (χ4n) is 6.14. The fraction of sp³-hybridized carbons (Fsp3) is 0.412. The third-order valence-corrected chi connectivity index (χ3v) is 8.29. The van der Waals surface area contributed by atoms with Crippen LogP contribution in [0.3, 0.4) is 0 Å². The van der Waals surface area contributed by atoms with Crippen LogP contribution in [0.25, 0.3) is 11.1 Å². The molecular weight excluding hydrogens is 606 g/mol. The van der Waals surface area contributed by atoms with E-state index in [1.165, 1.54) is 24.0 Å². The molecule has 4 atom stereocenters. The van der Waals surface area contributed by atoms with Crippen molar-refractivity contribution in [3.63, 3.8) is 0 Å². The van der Waals surface area contributed by atoms with Gasteiger partial charge in [-0.3, -0.25) is 4.90 Å². The molecule has 5 rings (SSSR count). The number of carbonyl (C=O) groups excluding carboxylic acids is 1. The van der Waals surface area contributed by atoms with Crippen LogP contribution >= 0.6 is 11.6 Å². The van der Waals surface area contributed by atoms with Gasteiger partial charge in [0, 0.05) is 35.6 Å². The number of hydrogen-bond donors (Lipinski definition) is 2. The summed E-state index contributed by atoms with van der Waals surface area (Å²) in [5.41, 5.74) is -3.10. The van der Waals surface area contributed by atoms with Crippen molar-refractivity contribution < 1.29 is 38.0 Å². The topological polar surface area (TPSA) is 112 Å². The number of β-amino-alcohol motifs (C(OH)–C–C–N with tert-alkyl or cyclic N) is 1. The Morgan fingerprint density at radius 3 is 2.53 bits per heavy atom. The Hall–Kier alpha value is -3.91. The second-order valence-electron chi connectivity index (χ2n) is 13.0.